The lowest BCUT2D eigenvalue weighted by atomic mass is 10.2. The summed E-state index contributed by atoms with van der Waals surface area (Å²) in [4.78, 5) is 35.6. The molecule has 4 rings (SSSR count). The molecule has 0 spiro atoms. The molecule has 0 unspecified atom stereocenters. The number of nitrogens with zero attached hydrogens (tertiary/aromatic N) is 4. The van der Waals surface area contributed by atoms with E-state index in [4.69, 9.17) is 4.98 Å². The minimum Gasteiger partial charge on any atom is -0.292 e. The first-order valence-corrected chi connectivity index (χ1v) is 11.2. The lowest BCUT2D eigenvalue weighted by Gasteiger charge is -2.13. The quantitative estimate of drug-likeness (QED) is 0.335. The van der Waals surface area contributed by atoms with Gasteiger partial charge in [-0.15, -0.1) is 11.3 Å². The standard InChI is InChI=1S/C22H20N4O2S2/c1-15(27)25(2)21-23-17(13-29-21)14-30-22-24-19-11-7-6-10-18(19)20(28)26(22)12-16-8-4-3-5-9-16/h3-11,13H,12,14H2,1-2H3. The largest absolute Gasteiger partial charge is 0.292 e. The molecule has 0 radical (unpaired) electrons. The number of carbonyl (C=O) groups excluding carboxylic acids is 1. The average Bonchev–Trinajstić information content (AvgIpc) is 3.23. The summed E-state index contributed by atoms with van der Waals surface area (Å²) in [6.45, 7) is 1.96. The normalized spacial score (nSPS) is 11.0. The molecule has 30 heavy (non-hydrogen) atoms. The van der Waals surface area contributed by atoms with Crippen molar-refractivity contribution in [3.63, 3.8) is 0 Å². The first-order valence-electron chi connectivity index (χ1n) is 9.38. The second kappa shape index (κ2) is 8.81. The van der Waals surface area contributed by atoms with Gasteiger partial charge in [-0.3, -0.25) is 19.1 Å². The van der Waals surface area contributed by atoms with Gasteiger partial charge in [0.1, 0.15) is 0 Å². The van der Waals surface area contributed by atoms with Crippen molar-refractivity contribution in [1.82, 2.24) is 14.5 Å². The van der Waals surface area contributed by atoms with E-state index in [0.29, 0.717) is 33.5 Å². The maximum Gasteiger partial charge on any atom is 0.262 e. The second-order valence-corrected chi connectivity index (χ2v) is 8.56. The van der Waals surface area contributed by atoms with E-state index in [9.17, 15) is 9.59 Å². The highest BCUT2D eigenvalue weighted by molar-refractivity contribution is 7.98. The van der Waals surface area contributed by atoms with E-state index in [1.54, 1.807) is 11.6 Å². The summed E-state index contributed by atoms with van der Waals surface area (Å²) in [7, 11) is 1.71. The zero-order chi connectivity index (χ0) is 21.1. The van der Waals surface area contributed by atoms with Gasteiger partial charge in [-0.05, 0) is 17.7 Å². The van der Waals surface area contributed by atoms with Crippen molar-refractivity contribution in [2.45, 2.75) is 24.4 Å². The van der Waals surface area contributed by atoms with E-state index in [1.165, 1.54) is 34.9 Å². The van der Waals surface area contributed by atoms with Gasteiger partial charge in [0.15, 0.2) is 10.3 Å². The summed E-state index contributed by atoms with van der Waals surface area (Å²) in [5.41, 5.74) is 2.52. The van der Waals surface area contributed by atoms with Crippen LogP contribution in [0.5, 0.6) is 0 Å². The van der Waals surface area contributed by atoms with Crippen LogP contribution in [0.2, 0.25) is 0 Å². The lowest BCUT2D eigenvalue weighted by Crippen LogP contribution is -2.24. The molecule has 0 N–H and O–H groups in total. The average molecular weight is 437 g/mol. The first-order chi connectivity index (χ1) is 14.5. The maximum absolute atomic E-state index is 13.2. The second-order valence-electron chi connectivity index (χ2n) is 6.78. The van der Waals surface area contributed by atoms with Crippen LogP contribution >= 0.6 is 23.1 Å². The molecule has 0 saturated carbocycles. The van der Waals surface area contributed by atoms with Crippen molar-refractivity contribution >= 4 is 45.0 Å². The fraction of sp³-hybridized carbons (Fsp3) is 0.182. The number of para-hydroxylation sites is 1. The predicted molar refractivity (Wildman–Crippen MR) is 122 cm³/mol. The molecule has 2 heterocycles. The molecule has 0 aliphatic heterocycles. The summed E-state index contributed by atoms with van der Waals surface area (Å²) in [6, 6.07) is 17.3. The van der Waals surface area contributed by atoms with Crippen LogP contribution in [0.3, 0.4) is 0 Å². The molecule has 0 aliphatic rings. The molecule has 4 aromatic rings. The van der Waals surface area contributed by atoms with Crippen molar-refractivity contribution in [2.24, 2.45) is 0 Å². The molecular formula is C22H20N4O2S2. The van der Waals surface area contributed by atoms with Gasteiger partial charge in [0.25, 0.3) is 5.56 Å². The van der Waals surface area contributed by atoms with Gasteiger partial charge in [-0.1, -0.05) is 54.2 Å². The Hall–Kier alpha value is -2.97. The number of benzene rings is 2. The van der Waals surface area contributed by atoms with Crippen molar-refractivity contribution in [3.05, 3.63) is 81.6 Å². The van der Waals surface area contributed by atoms with E-state index < -0.39 is 0 Å². The number of hydrogen-bond acceptors (Lipinski definition) is 6. The third kappa shape index (κ3) is 4.29. The molecular weight excluding hydrogens is 416 g/mol. The lowest BCUT2D eigenvalue weighted by molar-refractivity contribution is -0.116. The van der Waals surface area contributed by atoms with E-state index >= 15 is 0 Å². The highest BCUT2D eigenvalue weighted by Crippen LogP contribution is 2.26. The number of amides is 1. The minimum absolute atomic E-state index is 0.0535. The number of thioether (sulfide) groups is 1. The summed E-state index contributed by atoms with van der Waals surface area (Å²) in [6.07, 6.45) is 0. The van der Waals surface area contributed by atoms with Gasteiger partial charge >= 0.3 is 0 Å². The third-order valence-electron chi connectivity index (χ3n) is 4.66. The van der Waals surface area contributed by atoms with Crippen LogP contribution < -0.4 is 10.5 Å². The summed E-state index contributed by atoms with van der Waals surface area (Å²) in [5, 5.41) is 3.85. The molecule has 2 aromatic carbocycles. The molecule has 2 aromatic heterocycles. The van der Waals surface area contributed by atoms with Crippen LogP contribution in [-0.4, -0.2) is 27.5 Å². The molecule has 6 nitrogen and oxygen atoms in total. The third-order valence-corrected chi connectivity index (χ3v) is 6.63. The van der Waals surface area contributed by atoms with Crippen molar-refractivity contribution in [2.75, 3.05) is 11.9 Å². The van der Waals surface area contributed by atoms with Crippen molar-refractivity contribution in [1.29, 1.82) is 0 Å². The van der Waals surface area contributed by atoms with Gasteiger partial charge in [0.2, 0.25) is 5.91 Å². The SMILES string of the molecule is CC(=O)N(C)c1nc(CSc2nc3ccccc3c(=O)n2Cc2ccccc2)cs1. The molecule has 1 amide bonds. The number of fused-ring (bicyclic) bond motifs is 1. The van der Waals surface area contributed by atoms with Crippen LogP contribution in [0.1, 0.15) is 18.2 Å². The number of carbonyl (C=O) groups is 1. The van der Waals surface area contributed by atoms with Crippen LogP contribution in [0.25, 0.3) is 10.9 Å². The first kappa shape index (κ1) is 20.3. The van der Waals surface area contributed by atoms with E-state index in [2.05, 4.69) is 4.98 Å². The Kier molecular flexibility index (Phi) is 5.96. The van der Waals surface area contributed by atoms with Crippen LogP contribution in [0, 0.1) is 0 Å². The predicted octanol–water partition coefficient (Wildman–Crippen LogP) is 4.18. The van der Waals surface area contributed by atoms with Gasteiger partial charge in [0.05, 0.1) is 23.1 Å². The molecule has 0 aliphatic carbocycles. The topological polar surface area (TPSA) is 68.1 Å². The monoisotopic (exact) mass is 436 g/mol. The van der Waals surface area contributed by atoms with Crippen LogP contribution in [0.4, 0.5) is 5.13 Å². The molecule has 0 saturated heterocycles. The molecule has 0 atom stereocenters. The Morgan fingerprint density at radius 1 is 1.10 bits per heavy atom. The number of rotatable bonds is 6. The highest BCUT2D eigenvalue weighted by atomic mass is 32.2. The summed E-state index contributed by atoms with van der Waals surface area (Å²) >= 11 is 2.90. The zero-order valence-electron chi connectivity index (χ0n) is 16.6. The van der Waals surface area contributed by atoms with Gasteiger partial charge in [-0.25, -0.2) is 9.97 Å². The summed E-state index contributed by atoms with van der Waals surface area (Å²) < 4.78 is 1.72. The maximum atomic E-state index is 13.2. The number of anilines is 1. The molecule has 152 valence electrons. The molecule has 0 bridgehead atoms. The van der Waals surface area contributed by atoms with Gasteiger partial charge < -0.3 is 0 Å². The highest BCUT2D eigenvalue weighted by Gasteiger charge is 2.14. The van der Waals surface area contributed by atoms with E-state index in [-0.39, 0.29) is 11.5 Å². The Labute approximate surface area is 182 Å². The number of aromatic nitrogens is 3. The van der Waals surface area contributed by atoms with Crippen molar-refractivity contribution in [3.8, 4) is 0 Å². The summed E-state index contributed by atoms with van der Waals surface area (Å²) in [5.74, 6) is 0.499. The van der Waals surface area contributed by atoms with Gasteiger partial charge in [0, 0.05) is 25.1 Å². The Balaban J connectivity index is 1.66. The Bertz CT molecular complexity index is 1250. The fourth-order valence-electron chi connectivity index (χ4n) is 2.95. The Morgan fingerprint density at radius 3 is 2.60 bits per heavy atom. The zero-order valence-corrected chi connectivity index (χ0v) is 18.2. The van der Waals surface area contributed by atoms with Gasteiger partial charge in [-0.2, -0.15) is 0 Å². The van der Waals surface area contributed by atoms with E-state index in [1.807, 2.05) is 60.0 Å². The Morgan fingerprint density at radius 2 is 1.83 bits per heavy atom. The fourth-order valence-corrected chi connectivity index (χ4v) is 4.78. The van der Waals surface area contributed by atoms with Crippen LogP contribution in [0.15, 0.2) is 69.9 Å². The van der Waals surface area contributed by atoms with Crippen LogP contribution in [-0.2, 0) is 17.1 Å². The van der Waals surface area contributed by atoms with E-state index in [0.717, 1.165) is 11.3 Å². The molecule has 8 heteroatoms. The smallest absolute Gasteiger partial charge is 0.262 e. The number of hydrogen-bond donors (Lipinski definition) is 0. The number of thiazole rings is 1. The molecule has 0 fully saturated rings. The minimum atomic E-state index is -0.0588. The van der Waals surface area contributed by atoms with Crippen molar-refractivity contribution < 1.29 is 4.79 Å².